The van der Waals surface area contributed by atoms with Crippen LogP contribution in [0.3, 0.4) is 0 Å². The van der Waals surface area contributed by atoms with E-state index >= 15 is 0 Å². The van der Waals surface area contributed by atoms with Gasteiger partial charge in [0.25, 0.3) is 0 Å². The van der Waals surface area contributed by atoms with Crippen molar-refractivity contribution in [2.24, 2.45) is 0 Å². The number of benzene rings is 4. The molecular weight excluding hydrogens is 585 g/mol. The number of hydrogen-bond donors (Lipinski definition) is 0. The third kappa shape index (κ3) is 5.74. The summed E-state index contributed by atoms with van der Waals surface area (Å²) in [6.07, 6.45) is 2.18. The van der Waals surface area contributed by atoms with Crippen LogP contribution in [0, 0.1) is 13.8 Å². The average Bonchev–Trinajstić information content (AvgIpc) is 3.62. The molecule has 1 heterocycles. The monoisotopic (exact) mass is 609 g/mol. The SMILES string of the molecule is C[c-]1cccc1.Cc1cc2c(-c3cccc4ccccc34)cc(-n3ccc4ccccc43)cc2[cH-]1.[Cl-].[Cl-].[Zr+4]. The number of aryl methyl sites for hydroxylation is 2. The topological polar surface area (TPSA) is 4.93 Å². The summed E-state index contributed by atoms with van der Waals surface area (Å²) in [5.74, 6) is 0. The van der Waals surface area contributed by atoms with Crippen molar-refractivity contribution in [2.75, 3.05) is 0 Å². The zero-order valence-corrected chi connectivity index (χ0v) is 25.3. The van der Waals surface area contributed by atoms with E-state index in [0.29, 0.717) is 0 Å². The van der Waals surface area contributed by atoms with E-state index in [1.165, 1.54) is 60.4 Å². The summed E-state index contributed by atoms with van der Waals surface area (Å²) in [6.45, 7) is 4.26. The van der Waals surface area contributed by atoms with Gasteiger partial charge in [0.2, 0.25) is 0 Å². The number of rotatable bonds is 2. The van der Waals surface area contributed by atoms with Crippen molar-refractivity contribution in [2.45, 2.75) is 13.8 Å². The molecule has 7 rings (SSSR count). The van der Waals surface area contributed by atoms with Crippen LogP contribution in [-0.2, 0) is 26.2 Å². The smallest absolute Gasteiger partial charge is 1.00 e. The quantitative estimate of drug-likeness (QED) is 0.265. The van der Waals surface area contributed by atoms with Gasteiger partial charge >= 0.3 is 26.2 Å². The molecular formula is C34H27Cl2NZr. The van der Waals surface area contributed by atoms with Gasteiger partial charge in [-0.3, -0.25) is 0 Å². The van der Waals surface area contributed by atoms with Crippen LogP contribution < -0.4 is 24.8 Å². The van der Waals surface area contributed by atoms with Crippen LogP contribution in [0.5, 0.6) is 0 Å². The average molecular weight is 612 g/mol. The molecule has 0 N–H and O–H groups in total. The molecule has 1 nitrogen and oxygen atoms in total. The summed E-state index contributed by atoms with van der Waals surface area (Å²) in [7, 11) is 0. The maximum absolute atomic E-state index is 2.34. The van der Waals surface area contributed by atoms with Gasteiger partial charge in [0.05, 0.1) is 5.52 Å². The van der Waals surface area contributed by atoms with Crippen molar-refractivity contribution in [1.29, 1.82) is 0 Å². The Hall–Kier alpha value is -2.90. The van der Waals surface area contributed by atoms with Crippen LogP contribution in [-0.4, -0.2) is 4.57 Å². The minimum absolute atomic E-state index is 0. The second kappa shape index (κ2) is 12.8. The number of fused-ring (bicyclic) bond motifs is 3. The molecule has 186 valence electrons. The zero-order chi connectivity index (χ0) is 23.8. The number of para-hydroxylation sites is 1. The standard InChI is InChI=1S/C28H20N.C6H7.2ClH.Zr/c1-19-15-22-17-23(29-14-13-21-8-3-5-12-28(21)29)18-27(26(22)16-19)25-11-6-9-20-7-2-4-10-24(20)25;1-6-4-2-3-5-6;;;/h2-18H,1H3;2-5H,1H3;2*1H;/q2*-1;;;+4/p-2. The Morgan fingerprint density at radius 1 is 0.658 bits per heavy atom. The molecule has 6 aromatic carbocycles. The minimum Gasteiger partial charge on any atom is -1.00 e. The third-order valence-corrected chi connectivity index (χ3v) is 6.74. The second-order valence-electron chi connectivity index (χ2n) is 9.26. The summed E-state index contributed by atoms with van der Waals surface area (Å²) in [5, 5.41) is 6.45. The molecule has 0 amide bonds. The number of aromatic nitrogens is 1. The first-order valence-electron chi connectivity index (χ1n) is 12.1. The van der Waals surface area contributed by atoms with Crippen LogP contribution >= 0.6 is 0 Å². The predicted molar refractivity (Wildman–Crippen MR) is 151 cm³/mol. The Kier molecular flexibility index (Phi) is 9.96. The van der Waals surface area contributed by atoms with E-state index in [1.807, 2.05) is 12.1 Å². The first kappa shape index (κ1) is 29.7. The van der Waals surface area contributed by atoms with Gasteiger partial charge in [-0.25, -0.2) is 12.1 Å². The number of nitrogens with zero attached hydrogens (tertiary/aromatic N) is 1. The number of hydrogen-bond acceptors (Lipinski definition) is 0. The van der Waals surface area contributed by atoms with Gasteiger partial charge in [-0.05, 0) is 39.9 Å². The fourth-order valence-electron chi connectivity index (χ4n) is 5.06. The first-order chi connectivity index (χ1) is 17.2. The normalized spacial score (nSPS) is 10.3. The van der Waals surface area contributed by atoms with Gasteiger partial charge in [0.1, 0.15) is 0 Å². The molecule has 0 aliphatic heterocycles. The molecule has 0 fully saturated rings. The third-order valence-electron chi connectivity index (χ3n) is 6.74. The van der Waals surface area contributed by atoms with Crippen molar-refractivity contribution in [1.82, 2.24) is 4.57 Å². The molecule has 7 aromatic rings. The van der Waals surface area contributed by atoms with E-state index in [2.05, 4.69) is 134 Å². The summed E-state index contributed by atoms with van der Waals surface area (Å²) in [6, 6.07) is 43.5. The summed E-state index contributed by atoms with van der Waals surface area (Å²) in [4.78, 5) is 0. The van der Waals surface area contributed by atoms with Crippen LogP contribution in [0.2, 0.25) is 0 Å². The van der Waals surface area contributed by atoms with Crippen molar-refractivity contribution in [3.8, 4) is 16.8 Å². The molecule has 0 radical (unpaired) electrons. The molecule has 0 bridgehead atoms. The Labute approximate surface area is 255 Å². The van der Waals surface area contributed by atoms with Crippen LogP contribution in [0.1, 0.15) is 11.1 Å². The molecule has 0 spiro atoms. The molecule has 0 aliphatic rings. The fourth-order valence-corrected chi connectivity index (χ4v) is 5.06. The molecule has 4 heteroatoms. The van der Waals surface area contributed by atoms with E-state index in [9.17, 15) is 0 Å². The summed E-state index contributed by atoms with van der Waals surface area (Å²) in [5.41, 5.74) is 7.66. The zero-order valence-electron chi connectivity index (χ0n) is 21.3. The van der Waals surface area contributed by atoms with Crippen LogP contribution in [0.4, 0.5) is 0 Å². The second-order valence-corrected chi connectivity index (χ2v) is 9.26. The van der Waals surface area contributed by atoms with Crippen molar-refractivity contribution in [3.05, 3.63) is 139 Å². The van der Waals surface area contributed by atoms with Crippen LogP contribution in [0.25, 0.3) is 49.3 Å². The maximum Gasteiger partial charge on any atom is 4.00 e. The summed E-state index contributed by atoms with van der Waals surface area (Å²) < 4.78 is 2.30. The summed E-state index contributed by atoms with van der Waals surface area (Å²) >= 11 is 0. The van der Waals surface area contributed by atoms with Gasteiger partial charge in [-0.1, -0.05) is 80.1 Å². The predicted octanol–water partition coefficient (Wildman–Crippen LogP) is 3.35. The molecule has 0 atom stereocenters. The Morgan fingerprint density at radius 2 is 1.34 bits per heavy atom. The van der Waals surface area contributed by atoms with E-state index in [0.717, 1.165) is 0 Å². The first-order valence-corrected chi connectivity index (χ1v) is 12.1. The molecule has 0 saturated heterocycles. The molecule has 1 aromatic heterocycles. The Balaban J connectivity index is 0.000000397. The van der Waals surface area contributed by atoms with Gasteiger partial charge in [0, 0.05) is 11.9 Å². The van der Waals surface area contributed by atoms with Crippen molar-refractivity contribution < 1.29 is 51.0 Å². The fraction of sp³-hybridized carbons (Fsp3) is 0.0588. The van der Waals surface area contributed by atoms with E-state index in [-0.39, 0.29) is 51.0 Å². The van der Waals surface area contributed by atoms with Crippen molar-refractivity contribution >= 4 is 32.4 Å². The van der Waals surface area contributed by atoms with Crippen LogP contribution in [0.15, 0.2) is 128 Å². The van der Waals surface area contributed by atoms with Gasteiger partial charge in [0.15, 0.2) is 0 Å². The molecule has 0 saturated carbocycles. The van der Waals surface area contributed by atoms with Gasteiger partial charge < -0.3 is 29.4 Å². The largest absolute Gasteiger partial charge is 4.00 e. The Morgan fingerprint density at radius 3 is 2.08 bits per heavy atom. The number of halogens is 2. The van der Waals surface area contributed by atoms with E-state index < -0.39 is 0 Å². The van der Waals surface area contributed by atoms with E-state index in [4.69, 9.17) is 0 Å². The molecule has 0 unspecified atom stereocenters. The van der Waals surface area contributed by atoms with Crippen molar-refractivity contribution in [3.63, 3.8) is 0 Å². The Bertz CT molecular complexity index is 1770. The van der Waals surface area contributed by atoms with Gasteiger partial charge in [-0.2, -0.15) is 23.8 Å². The molecule has 38 heavy (non-hydrogen) atoms. The van der Waals surface area contributed by atoms with E-state index in [1.54, 1.807) is 0 Å². The molecule has 0 aliphatic carbocycles. The van der Waals surface area contributed by atoms with Gasteiger partial charge in [-0.15, -0.1) is 28.5 Å². The maximum atomic E-state index is 2.34. The minimum atomic E-state index is 0.